The molecule has 0 unspecified atom stereocenters. The van der Waals surface area contributed by atoms with Crippen LogP contribution < -0.4 is 14.8 Å². The Balaban J connectivity index is 1.90. The summed E-state index contributed by atoms with van der Waals surface area (Å²) in [4.78, 5) is 16.5. The van der Waals surface area contributed by atoms with Crippen molar-refractivity contribution in [3.05, 3.63) is 83.7 Å². The summed E-state index contributed by atoms with van der Waals surface area (Å²) in [5.74, 6) is -1.11. The van der Waals surface area contributed by atoms with E-state index in [1.807, 2.05) is 6.07 Å². The fourth-order valence-electron chi connectivity index (χ4n) is 4.32. The van der Waals surface area contributed by atoms with Crippen molar-refractivity contribution in [2.24, 2.45) is 5.73 Å². The summed E-state index contributed by atoms with van der Waals surface area (Å²) in [5, 5.41) is 11.3. The Kier molecular flexibility index (Phi) is 6.09. The largest absolute Gasteiger partial charge is 0.485 e. The first kappa shape index (κ1) is 23.7. The van der Waals surface area contributed by atoms with Crippen LogP contribution in [-0.4, -0.2) is 42.7 Å². The Morgan fingerprint density at radius 3 is 2.50 bits per heavy atom. The highest BCUT2D eigenvalue weighted by Gasteiger charge is 2.45. The number of primary amides is 1. The average Bonchev–Trinajstić information content (AvgIpc) is 2.80. The van der Waals surface area contributed by atoms with Crippen molar-refractivity contribution in [1.82, 2.24) is 4.98 Å². The highest BCUT2D eigenvalue weighted by atomic mass is 32.2. The molecule has 2 atom stereocenters. The summed E-state index contributed by atoms with van der Waals surface area (Å²) in [6.45, 7) is 5.43. The smallest absolute Gasteiger partial charge is 0.264 e. The molecule has 2 heterocycles. The second kappa shape index (κ2) is 8.73. The van der Waals surface area contributed by atoms with E-state index in [1.165, 1.54) is 28.7 Å². The summed E-state index contributed by atoms with van der Waals surface area (Å²) in [6.07, 6.45) is 0.383. The number of amides is 1. The molecule has 34 heavy (non-hydrogen) atoms. The number of nitrogens with two attached hydrogens (primary N) is 1. The number of para-hydroxylation sites is 1. The van der Waals surface area contributed by atoms with Crippen molar-refractivity contribution in [1.29, 1.82) is 0 Å². The van der Waals surface area contributed by atoms with Gasteiger partial charge in [0.2, 0.25) is 0 Å². The number of anilines is 1. The summed E-state index contributed by atoms with van der Waals surface area (Å²) >= 11 is 0. The maximum absolute atomic E-state index is 13.6. The van der Waals surface area contributed by atoms with Gasteiger partial charge in [0.05, 0.1) is 27.8 Å². The van der Waals surface area contributed by atoms with E-state index in [-0.39, 0.29) is 22.7 Å². The first-order chi connectivity index (χ1) is 16.1. The zero-order valence-corrected chi connectivity index (χ0v) is 20.0. The van der Waals surface area contributed by atoms with Crippen molar-refractivity contribution in [3.8, 4) is 5.75 Å². The van der Waals surface area contributed by atoms with Gasteiger partial charge in [-0.2, -0.15) is 0 Å². The normalized spacial score (nSPS) is 19.1. The molecule has 0 radical (unpaired) electrons. The minimum atomic E-state index is -3.93. The molecule has 0 saturated heterocycles. The predicted molar refractivity (Wildman–Crippen MR) is 128 cm³/mol. The van der Waals surface area contributed by atoms with Gasteiger partial charge in [0.1, 0.15) is 17.5 Å². The molecule has 0 saturated carbocycles. The van der Waals surface area contributed by atoms with Crippen molar-refractivity contribution in [2.45, 2.75) is 43.3 Å². The van der Waals surface area contributed by atoms with Crippen LogP contribution in [0.2, 0.25) is 0 Å². The molecule has 0 aliphatic carbocycles. The number of aliphatic hydroxyl groups is 1. The summed E-state index contributed by atoms with van der Waals surface area (Å²) in [7, 11) is -3.93. The topological polar surface area (TPSA) is 123 Å². The summed E-state index contributed by atoms with van der Waals surface area (Å²) < 4.78 is 34.5. The molecule has 178 valence electrons. The fraction of sp³-hybridized carbons (Fsp3) is 0.280. The van der Waals surface area contributed by atoms with Gasteiger partial charge < -0.3 is 15.6 Å². The summed E-state index contributed by atoms with van der Waals surface area (Å²) in [6, 6.07) is 16.5. The quantitative estimate of drug-likeness (QED) is 0.558. The number of fused-ring (bicyclic) bond motifs is 1. The van der Waals surface area contributed by atoms with E-state index in [1.54, 1.807) is 57.2 Å². The lowest BCUT2D eigenvalue weighted by atomic mass is 9.78. The Morgan fingerprint density at radius 1 is 1.15 bits per heavy atom. The van der Waals surface area contributed by atoms with Crippen molar-refractivity contribution in [2.75, 3.05) is 10.8 Å². The number of carbonyl (C=O) groups excluding carboxylic acids is 1. The molecule has 9 heteroatoms. The number of carbonyl (C=O) groups is 1. The molecule has 2 aromatic carbocycles. The van der Waals surface area contributed by atoms with E-state index in [9.17, 15) is 18.3 Å². The van der Waals surface area contributed by atoms with Crippen LogP contribution in [0.15, 0.2) is 71.8 Å². The lowest BCUT2D eigenvalue weighted by molar-refractivity contribution is -0.0519. The third-order valence-corrected chi connectivity index (χ3v) is 7.93. The van der Waals surface area contributed by atoms with Crippen LogP contribution in [-0.2, 0) is 10.0 Å². The zero-order chi connectivity index (χ0) is 24.7. The van der Waals surface area contributed by atoms with Gasteiger partial charge in [-0.15, -0.1) is 0 Å². The van der Waals surface area contributed by atoms with Gasteiger partial charge in [-0.05, 0) is 63.2 Å². The number of hydrogen-bond donors (Lipinski definition) is 2. The van der Waals surface area contributed by atoms with Gasteiger partial charge in [-0.25, -0.2) is 8.42 Å². The standard InChI is InChI=1S/C25H27N3O5S/c1-4-28(16-9-6-5-7-10-16)34(31,32)17-12-13-20-19(15-17)21(23(29)25(2,3)33-20)22-18(24(26)30)11-8-14-27-22/h5-15,21,23,29H,4H2,1-3H3,(H2,26,30)/t21-,23-/m0/s1. The van der Waals surface area contributed by atoms with E-state index >= 15 is 0 Å². The molecule has 0 fully saturated rings. The first-order valence-electron chi connectivity index (χ1n) is 10.9. The number of nitrogens with zero attached hydrogens (tertiary/aromatic N) is 2. The van der Waals surface area contributed by atoms with Crippen LogP contribution in [0.25, 0.3) is 0 Å². The van der Waals surface area contributed by atoms with E-state index in [0.717, 1.165) is 0 Å². The SMILES string of the molecule is CCN(c1ccccc1)S(=O)(=O)c1ccc2c(c1)[C@@H](c1ncccc1C(N)=O)[C@H](O)C(C)(C)O2. The minimum Gasteiger partial charge on any atom is -0.485 e. The molecular formula is C25H27N3O5S. The Morgan fingerprint density at radius 2 is 1.85 bits per heavy atom. The van der Waals surface area contributed by atoms with Gasteiger partial charge in [-0.1, -0.05) is 18.2 Å². The molecule has 3 N–H and O–H groups in total. The number of sulfonamides is 1. The second-order valence-corrected chi connectivity index (χ2v) is 10.5. The van der Waals surface area contributed by atoms with Gasteiger partial charge >= 0.3 is 0 Å². The molecule has 4 rings (SSSR count). The Bertz CT molecular complexity index is 1330. The van der Waals surface area contributed by atoms with Crippen LogP contribution in [0.4, 0.5) is 5.69 Å². The van der Waals surface area contributed by atoms with E-state index < -0.39 is 33.6 Å². The number of aromatic nitrogens is 1. The minimum absolute atomic E-state index is 0.0361. The lowest BCUT2D eigenvalue weighted by Gasteiger charge is -2.42. The van der Waals surface area contributed by atoms with E-state index in [2.05, 4.69) is 4.98 Å². The van der Waals surface area contributed by atoms with Gasteiger partial charge in [0.15, 0.2) is 0 Å². The highest BCUT2D eigenvalue weighted by Crippen LogP contribution is 2.45. The molecule has 3 aromatic rings. The fourth-order valence-corrected chi connectivity index (χ4v) is 5.83. The van der Waals surface area contributed by atoms with Crippen LogP contribution in [0.1, 0.15) is 48.3 Å². The Hall–Kier alpha value is -3.43. The lowest BCUT2D eigenvalue weighted by Crippen LogP contribution is -2.49. The van der Waals surface area contributed by atoms with Gasteiger partial charge in [-0.3, -0.25) is 14.1 Å². The molecule has 0 bridgehead atoms. The first-order valence-corrected chi connectivity index (χ1v) is 12.4. The number of hydrogen-bond acceptors (Lipinski definition) is 6. The van der Waals surface area contributed by atoms with Crippen molar-refractivity contribution >= 4 is 21.6 Å². The third-order valence-electron chi connectivity index (χ3n) is 6.04. The Labute approximate surface area is 199 Å². The number of ether oxygens (including phenoxy) is 1. The number of aliphatic hydroxyl groups excluding tert-OH is 1. The number of benzene rings is 2. The average molecular weight is 482 g/mol. The summed E-state index contributed by atoms with van der Waals surface area (Å²) in [5.41, 5.74) is 5.94. The third kappa shape index (κ3) is 4.01. The molecule has 0 spiro atoms. The molecule has 1 amide bonds. The molecule has 8 nitrogen and oxygen atoms in total. The maximum Gasteiger partial charge on any atom is 0.264 e. The second-order valence-electron chi connectivity index (χ2n) is 8.63. The van der Waals surface area contributed by atoms with E-state index in [0.29, 0.717) is 17.0 Å². The van der Waals surface area contributed by atoms with Crippen LogP contribution in [0.5, 0.6) is 5.75 Å². The van der Waals surface area contributed by atoms with Crippen molar-refractivity contribution < 1.29 is 23.1 Å². The predicted octanol–water partition coefficient (Wildman–Crippen LogP) is 3.06. The molecule has 1 aliphatic heterocycles. The highest BCUT2D eigenvalue weighted by molar-refractivity contribution is 7.92. The maximum atomic E-state index is 13.6. The molecular weight excluding hydrogens is 454 g/mol. The van der Waals surface area contributed by atoms with Crippen molar-refractivity contribution in [3.63, 3.8) is 0 Å². The van der Waals surface area contributed by atoms with Crippen LogP contribution in [0, 0.1) is 0 Å². The van der Waals surface area contributed by atoms with E-state index in [4.69, 9.17) is 10.5 Å². The van der Waals surface area contributed by atoms with Gasteiger partial charge in [0, 0.05) is 18.3 Å². The number of rotatable bonds is 6. The monoisotopic (exact) mass is 481 g/mol. The zero-order valence-electron chi connectivity index (χ0n) is 19.2. The number of pyridine rings is 1. The molecule has 1 aliphatic rings. The van der Waals surface area contributed by atoms with Gasteiger partial charge in [0.25, 0.3) is 15.9 Å². The molecule has 1 aromatic heterocycles. The van der Waals surface area contributed by atoms with Crippen LogP contribution in [0.3, 0.4) is 0 Å². The van der Waals surface area contributed by atoms with Crippen LogP contribution >= 0.6 is 0 Å².